The highest BCUT2D eigenvalue weighted by Crippen LogP contribution is 2.24. The Bertz CT molecular complexity index is 417. The topological polar surface area (TPSA) is 4.93 Å². The van der Waals surface area contributed by atoms with Gasteiger partial charge in [-0.3, -0.25) is 0 Å². The standard InChI is InChI=1S/C12H12BrNS/c1-14-8-10(7-12(14)13)9-15-11-5-3-2-4-6-11/h2-8H,9H2,1H3. The highest BCUT2D eigenvalue weighted by atomic mass is 79.9. The molecule has 0 aliphatic carbocycles. The van der Waals surface area contributed by atoms with Crippen molar-refractivity contribution in [2.75, 3.05) is 0 Å². The van der Waals surface area contributed by atoms with Crippen molar-refractivity contribution in [3.63, 3.8) is 0 Å². The van der Waals surface area contributed by atoms with Gasteiger partial charge in [0, 0.05) is 23.9 Å². The van der Waals surface area contributed by atoms with Crippen molar-refractivity contribution >= 4 is 27.7 Å². The van der Waals surface area contributed by atoms with Crippen LogP contribution in [0.1, 0.15) is 5.56 Å². The van der Waals surface area contributed by atoms with Crippen molar-refractivity contribution in [1.29, 1.82) is 0 Å². The average molecular weight is 282 g/mol. The van der Waals surface area contributed by atoms with Crippen LogP contribution < -0.4 is 0 Å². The predicted molar refractivity (Wildman–Crippen MR) is 69.1 cm³/mol. The zero-order chi connectivity index (χ0) is 10.7. The zero-order valence-electron chi connectivity index (χ0n) is 8.48. The summed E-state index contributed by atoms with van der Waals surface area (Å²) >= 11 is 5.36. The quantitative estimate of drug-likeness (QED) is 0.768. The van der Waals surface area contributed by atoms with Gasteiger partial charge in [-0.1, -0.05) is 18.2 Å². The average Bonchev–Trinajstić information content (AvgIpc) is 2.57. The number of rotatable bonds is 3. The Morgan fingerprint density at radius 2 is 2.00 bits per heavy atom. The van der Waals surface area contributed by atoms with Crippen molar-refractivity contribution in [3.05, 3.63) is 52.8 Å². The fourth-order valence-electron chi connectivity index (χ4n) is 1.36. The third-order valence-electron chi connectivity index (χ3n) is 2.15. The van der Waals surface area contributed by atoms with E-state index in [4.69, 9.17) is 0 Å². The molecule has 78 valence electrons. The Hall–Kier alpha value is -0.670. The van der Waals surface area contributed by atoms with E-state index in [1.807, 2.05) is 24.9 Å². The van der Waals surface area contributed by atoms with Crippen molar-refractivity contribution in [1.82, 2.24) is 4.57 Å². The first-order valence-corrected chi connectivity index (χ1v) is 6.52. The summed E-state index contributed by atoms with van der Waals surface area (Å²) in [5.41, 5.74) is 1.35. The van der Waals surface area contributed by atoms with Crippen LogP contribution in [0, 0.1) is 0 Å². The van der Waals surface area contributed by atoms with E-state index >= 15 is 0 Å². The van der Waals surface area contributed by atoms with Gasteiger partial charge < -0.3 is 4.57 Å². The molecule has 0 atom stereocenters. The fourth-order valence-corrected chi connectivity index (χ4v) is 2.60. The van der Waals surface area contributed by atoms with Crippen molar-refractivity contribution in [3.8, 4) is 0 Å². The van der Waals surface area contributed by atoms with Crippen LogP contribution >= 0.6 is 27.7 Å². The fraction of sp³-hybridized carbons (Fsp3) is 0.167. The molecule has 2 aromatic rings. The van der Waals surface area contributed by atoms with Gasteiger partial charge in [0.25, 0.3) is 0 Å². The molecule has 1 heterocycles. The molecule has 0 amide bonds. The zero-order valence-corrected chi connectivity index (χ0v) is 10.9. The van der Waals surface area contributed by atoms with Crippen LogP contribution in [0.4, 0.5) is 0 Å². The summed E-state index contributed by atoms with van der Waals surface area (Å²) in [7, 11) is 2.04. The molecule has 0 spiro atoms. The number of benzene rings is 1. The van der Waals surface area contributed by atoms with Crippen LogP contribution in [0.5, 0.6) is 0 Å². The Balaban J connectivity index is 1.99. The van der Waals surface area contributed by atoms with E-state index < -0.39 is 0 Å². The minimum Gasteiger partial charge on any atom is -0.345 e. The Morgan fingerprint density at radius 3 is 2.60 bits per heavy atom. The van der Waals surface area contributed by atoms with Crippen LogP contribution in [-0.4, -0.2) is 4.57 Å². The van der Waals surface area contributed by atoms with Gasteiger partial charge in [0.1, 0.15) is 0 Å². The number of hydrogen-bond donors (Lipinski definition) is 0. The van der Waals surface area contributed by atoms with Crippen molar-refractivity contribution in [2.24, 2.45) is 7.05 Å². The van der Waals surface area contributed by atoms with Crippen LogP contribution in [0.3, 0.4) is 0 Å². The lowest BCUT2D eigenvalue weighted by atomic mass is 10.4. The van der Waals surface area contributed by atoms with Gasteiger partial charge in [0.05, 0.1) is 4.60 Å². The molecule has 3 heteroatoms. The van der Waals surface area contributed by atoms with E-state index in [2.05, 4.69) is 57.0 Å². The van der Waals surface area contributed by atoms with Gasteiger partial charge in [0.2, 0.25) is 0 Å². The number of aromatic nitrogens is 1. The largest absolute Gasteiger partial charge is 0.345 e. The minimum absolute atomic E-state index is 1.02. The summed E-state index contributed by atoms with van der Waals surface area (Å²) < 4.78 is 3.21. The van der Waals surface area contributed by atoms with Gasteiger partial charge in [-0.25, -0.2) is 0 Å². The van der Waals surface area contributed by atoms with E-state index in [1.165, 1.54) is 10.5 Å². The second kappa shape index (κ2) is 4.90. The first kappa shape index (κ1) is 10.8. The SMILES string of the molecule is Cn1cc(CSc2ccccc2)cc1Br. The van der Waals surface area contributed by atoms with Gasteiger partial charge in [-0.05, 0) is 39.7 Å². The van der Waals surface area contributed by atoms with Crippen molar-refractivity contribution < 1.29 is 0 Å². The molecule has 1 aromatic carbocycles. The number of nitrogens with zero attached hydrogens (tertiary/aromatic N) is 1. The predicted octanol–water partition coefficient (Wildman–Crippen LogP) is 4.08. The Labute approximate surface area is 103 Å². The summed E-state index contributed by atoms with van der Waals surface area (Å²) in [5.74, 6) is 1.02. The maximum Gasteiger partial charge on any atom is 0.0846 e. The molecule has 1 aromatic heterocycles. The molecular weight excluding hydrogens is 270 g/mol. The molecule has 0 fully saturated rings. The Kier molecular flexibility index (Phi) is 3.54. The van der Waals surface area contributed by atoms with E-state index in [1.54, 1.807) is 0 Å². The molecule has 0 radical (unpaired) electrons. The third kappa shape index (κ3) is 2.89. The summed E-state index contributed by atoms with van der Waals surface area (Å²) in [5, 5.41) is 0. The number of hydrogen-bond acceptors (Lipinski definition) is 1. The van der Waals surface area contributed by atoms with Gasteiger partial charge in [0.15, 0.2) is 0 Å². The lowest BCUT2D eigenvalue weighted by Gasteiger charge is -1.98. The van der Waals surface area contributed by atoms with Gasteiger partial charge in [-0.2, -0.15) is 0 Å². The summed E-state index contributed by atoms with van der Waals surface area (Å²) in [6.07, 6.45) is 2.15. The molecule has 0 N–H and O–H groups in total. The lowest BCUT2D eigenvalue weighted by molar-refractivity contribution is 0.899. The molecule has 0 saturated heterocycles. The first-order valence-electron chi connectivity index (χ1n) is 4.74. The summed E-state index contributed by atoms with van der Waals surface area (Å²) in [6, 6.07) is 12.6. The first-order chi connectivity index (χ1) is 7.25. The summed E-state index contributed by atoms with van der Waals surface area (Å²) in [4.78, 5) is 1.32. The van der Waals surface area contributed by atoms with E-state index in [-0.39, 0.29) is 0 Å². The maximum atomic E-state index is 3.50. The highest BCUT2D eigenvalue weighted by Gasteiger charge is 2.00. The molecule has 1 nitrogen and oxygen atoms in total. The normalized spacial score (nSPS) is 10.5. The van der Waals surface area contributed by atoms with Crippen molar-refractivity contribution in [2.45, 2.75) is 10.6 Å². The third-order valence-corrected chi connectivity index (χ3v) is 4.02. The molecule has 0 unspecified atom stereocenters. The molecule has 0 bridgehead atoms. The number of aryl methyl sites for hydroxylation is 1. The Morgan fingerprint density at radius 1 is 1.27 bits per heavy atom. The van der Waals surface area contributed by atoms with E-state index in [9.17, 15) is 0 Å². The van der Waals surface area contributed by atoms with E-state index in [0.29, 0.717) is 0 Å². The molecular formula is C12H12BrNS. The molecule has 0 aliphatic rings. The monoisotopic (exact) mass is 281 g/mol. The van der Waals surface area contributed by atoms with Gasteiger partial charge >= 0.3 is 0 Å². The molecule has 0 saturated carbocycles. The smallest absolute Gasteiger partial charge is 0.0846 e. The number of thioether (sulfide) groups is 1. The molecule has 0 aliphatic heterocycles. The van der Waals surface area contributed by atoms with Crippen LogP contribution in [0.15, 0.2) is 52.1 Å². The minimum atomic E-state index is 1.02. The lowest BCUT2D eigenvalue weighted by Crippen LogP contribution is -1.82. The second-order valence-electron chi connectivity index (χ2n) is 3.38. The second-order valence-corrected chi connectivity index (χ2v) is 5.24. The highest BCUT2D eigenvalue weighted by molar-refractivity contribution is 9.10. The van der Waals surface area contributed by atoms with E-state index in [0.717, 1.165) is 10.4 Å². The molecule has 2 rings (SSSR count). The van der Waals surface area contributed by atoms with Crippen LogP contribution in [-0.2, 0) is 12.8 Å². The maximum absolute atomic E-state index is 3.50. The van der Waals surface area contributed by atoms with Gasteiger partial charge in [-0.15, -0.1) is 11.8 Å². The summed E-state index contributed by atoms with van der Waals surface area (Å²) in [6.45, 7) is 0. The molecule has 15 heavy (non-hydrogen) atoms. The van der Waals surface area contributed by atoms with Crippen LogP contribution in [0.2, 0.25) is 0 Å². The number of halogens is 1. The van der Waals surface area contributed by atoms with Crippen LogP contribution in [0.25, 0.3) is 0 Å².